The van der Waals surface area contributed by atoms with E-state index in [1.165, 1.54) is 6.08 Å². The molecule has 0 unspecified atom stereocenters. The van der Waals surface area contributed by atoms with Gasteiger partial charge in [-0.05, 0) is 41.6 Å². The van der Waals surface area contributed by atoms with E-state index >= 15 is 0 Å². The van der Waals surface area contributed by atoms with E-state index in [0.717, 1.165) is 16.2 Å². The fourth-order valence-corrected chi connectivity index (χ4v) is 5.39. The van der Waals surface area contributed by atoms with Crippen LogP contribution in [0.15, 0.2) is 47.9 Å². The number of nitrogens with zero attached hydrogens (tertiary/aromatic N) is 1. The van der Waals surface area contributed by atoms with Crippen LogP contribution in [0.3, 0.4) is 0 Å². The van der Waals surface area contributed by atoms with Crippen LogP contribution >= 0.6 is 11.3 Å². The van der Waals surface area contributed by atoms with Gasteiger partial charge in [-0.1, -0.05) is 18.2 Å². The number of ether oxygens (including phenoxy) is 1. The third kappa shape index (κ3) is 4.74. The third-order valence-corrected chi connectivity index (χ3v) is 6.98. The quantitative estimate of drug-likeness (QED) is 0.710. The summed E-state index contributed by atoms with van der Waals surface area (Å²) >= 11 is 1.56. The van der Waals surface area contributed by atoms with Crippen LogP contribution in [0.5, 0.6) is 5.75 Å². The lowest BCUT2D eigenvalue weighted by Gasteiger charge is -2.26. The van der Waals surface area contributed by atoms with Gasteiger partial charge in [0, 0.05) is 17.0 Å². The Morgan fingerprint density at radius 2 is 2.08 bits per heavy atom. The van der Waals surface area contributed by atoms with Gasteiger partial charge in [0.25, 0.3) is 0 Å². The first-order valence-corrected chi connectivity index (χ1v) is 11.0. The second kappa shape index (κ2) is 8.05. The Balaban J connectivity index is 1.76. The molecular weight excluding hydrogens is 370 g/mol. The van der Waals surface area contributed by atoms with E-state index in [1.807, 2.05) is 41.8 Å². The maximum absolute atomic E-state index is 12.8. The van der Waals surface area contributed by atoms with E-state index < -0.39 is 9.84 Å². The fourth-order valence-electron chi connectivity index (χ4n) is 2.96. The maximum Gasteiger partial charge on any atom is 0.247 e. The first kappa shape index (κ1) is 18.7. The summed E-state index contributed by atoms with van der Waals surface area (Å²) in [4.78, 5) is 15.5. The molecule has 1 amide bonds. The predicted molar refractivity (Wildman–Crippen MR) is 104 cm³/mol. The monoisotopic (exact) mass is 391 g/mol. The van der Waals surface area contributed by atoms with Gasteiger partial charge in [-0.15, -0.1) is 11.3 Å². The van der Waals surface area contributed by atoms with Gasteiger partial charge in [0.05, 0.1) is 25.2 Å². The number of rotatable bonds is 6. The number of hydrogen-bond acceptors (Lipinski definition) is 5. The maximum atomic E-state index is 12.8. The number of sulfone groups is 1. The lowest BCUT2D eigenvalue weighted by Crippen LogP contribution is -2.39. The van der Waals surface area contributed by atoms with E-state index in [9.17, 15) is 13.2 Å². The summed E-state index contributed by atoms with van der Waals surface area (Å²) in [6.07, 6.45) is 3.75. The van der Waals surface area contributed by atoms with Crippen molar-refractivity contribution in [3.05, 3.63) is 58.3 Å². The number of amides is 1. The fraction of sp³-hybridized carbons (Fsp3) is 0.316. The Morgan fingerprint density at radius 3 is 2.65 bits per heavy atom. The highest BCUT2D eigenvalue weighted by atomic mass is 32.2. The molecule has 0 aliphatic carbocycles. The molecule has 7 heteroatoms. The Morgan fingerprint density at radius 1 is 1.31 bits per heavy atom. The SMILES string of the molecule is COc1ccc(/C=C/C(=O)N(Cc2cccs2)[C@@H]2CCS(=O)(=O)C2)cc1. The third-order valence-electron chi connectivity index (χ3n) is 4.37. The minimum atomic E-state index is -3.06. The topological polar surface area (TPSA) is 63.7 Å². The van der Waals surface area contributed by atoms with Gasteiger partial charge in [-0.25, -0.2) is 8.42 Å². The zero-order valence-electron chi connectivity index (χ0n) is 14.5. The number of carbonyl (C=O) groups is 1. The lowest BCUT2D eigenvalue weighted by atomic mass is 10.1. The van der Waals surface area contributed by atoms with Crippen molar-refractivity contribution in [2.45, 2.75) is 19.0 Å². The molecule has 1 aromatic heterocycles. The Labute approximate surface area is 157 Å². The summed E-state index contributed by atoms with van der Waals surface area (Å²) in [7, 11) is -1.45. The molecule has 0 saturated carbocycles. The minimum Gasteiger partial charge on any atom is -0.497 e. The minimum absolute atomic E-state index is 0.0422. The standard InChI is InChI=1S/C19H21NO4S2/c1-24-17-7-4-15(5-8-17)6-9-19(21)20(13-18-3-2-11-25-18)16-10-12-26(22,23)14-16/h2-9,11,16H,10,12-14H2,1H3/b9-6+/t16-/m1/s1. The van der Waals surface area contributed by atoms with Crippen molar-refractivity contribution in [3.8, 4) is 5.75 Å². The average Bonchev–Trinajstić information content (AvgIpc) is 3.27. The van der Waals surface area contributed by atoms with Gasteiger partial charge in [-0.2, -0.15) is 0 Å². The molecule has 3 rings (SSSR count). The lowest BCUT2D eigenvalue weighted by molar-refractivity contribution is -0.128. The van der Waals surface area contributed by atoms with Gasteiger partial charge in [0.15, 0.2) is 9.84 Å². The molecule has 1 aliphatic heterocycles. The molecule has 1 atom stereocenters. The van der Waals surface area contributed by atoms with Crippen molar-refractivity contribution in [3.63, 3.8) is 0 Å². The molecule has 1 saturated heterocycles. The van der Waals surface area contributed by atoms with E-state index in [2.05, 4.69) is 0 Å². The van der Waals surface area contributed by atoms with Crippen LogP contribution in [0.1, 0.15) is 16.9 Å². The molecule has 0 radical (unpaired) electrons. The summed E-state index contributed by atoms with van der Waals surface area (Å²) in [5, 5.41) is 1.95. The second-order valence-corrected chi connectivity index (χ2v) is 9.47. The molecule has 1 aromatic carbocycles. The zero-order chi connectivity index (χ0) is 18.6. The molecule has 0 spiro atoms. The van der Waals surface area contributed by atoms with Crippen molar-refractivity contribution in [2.24, 2.45) is 0 Å². The number of thiophene rings is 1. The molecule has 1 aliphatic rings. The molecule has 26 heavy (non-hydrogen) atoms. The predicted octanol–water partition coefficient (Wildman–Crippen LogP) is 2.99. The smallest absolute Gasteiger partial charge is 0.247 e. The van der Waals surface area contributed by atoms with Gasteiger partial charge in [0.2, 0.25) is 5.91 Å². The van der Waals surface area contributed by atoms with Crippen LogP contribution in [-0.4, -0.2) is 43.9 Å². The zero-order valence-corrected chi connectivity index (χ0v) is 16.1. The van der Waals surface area contributed by atoms with Gasteiger partial charge in [0.1, 0.15) is 5.75 Å². The first-order valence-electron chi connectivity index (χ1n) is 8.32. The summed E-state index contributed by atoms with van der Waals surface area (Å²) < 4.78 is 28.8. The molecular formula is C19H21NO4S2. The molecule has 0 N–H and O–H groups in total. The highest BCUT2D eigenvalue weighted by Gasteiger charge is 2.34. The summed E-state index contributed by atoms with van der Waals surface area (Å²) in [5.41, 5.74) is 0.884. The van der Waals surface area contributed by atoms with Crippen LogP contribution in [0.2, 0.25) is 0 Å². The van der Waals surface area contributed by atoms with Crippen molar-refractivity contribution in [1.29, 1.82) is 0 Å². The molecule has 1 fully saturated rings. The van der Waals surface area contributed by atoms with Crippen LogP contribution in [0, 0.1) is 0 Å². The Hall–Kier alpha value is -2.12. The summed E-state index contributed by atoms with van der Waals surface area (Å²) in [5.74, 6) is 0.773. The molecule has 5 nitrogen and oxygen atoms in total. The number of methoxy groups -OCH3 is 1. The van der Waals surface area contributed by atoms with E-state index in [1.54, 1.807) is 29.4 Å². The Kier molecular flexibility index (Phi) is 5.78. The van der Waals surface area contributed by atoms with Crippen LogP contribution in [0.4, 0.5) is 0 Å². The number of carbonyl (C=O) groups excluding carboxylic acids is 1. The molecule has 138 valence electrons. The Bertz CT molecular complexity index is 871. The first-order chi connectivity index (χ1) is 12.5. The van der Waals surface area contributed by atoms with Crippen molar-refractivity contribution in [2.75, 3.05) is 18.6 Å². The van der Waals surface area contributed by atoms with E-state index in [4.69, 9.17) is 4.74 Å². The molecule has 2 heterocycles. The molecule has 2 aromatic rings. The molecule has 0 bridgehead atoms. The van der Waals surface area contributed by atoms with Crippen molar-refractivity contribution >= 4 is 33.2 Å². The highest BCUT2D eigenvalue weighted by molar-refractivity contribution is 7.91. The normalized spacial score (nSPS) is 18.9. The number of hydrogen-bond donors (Lipinski definition) is 0. The van der Waals surface area contributed by atoms with E-state index in [-0.39, 0.29) is 23.5 Å². The van der Waals surface area contributed by atoms with Gasteiger partial charge < -0.3 is 9.64 Å². The van der Waals surface area contributed by atoms with Crippen molar-refractivity contribution in [1.82, 2.24) is 4.90 Å². The van der Waals surface area contributed by atoms with Crippen LogP contribution < -0.4 is 4.74 Å². The van der Waals surface area contributed by atoms with Gasteiger partial charge >= 0.3 is 0 Å². The van der Waals surface area contributed by atoms with Crippen molar-refractivity contribution < 1.29 is 17.9 Å². The van der Waals surface area contributed by atoms with Crippen LogP contribution in [0.25, 0.3) is 6.08 Å². The van der Waals surface area contributed by atoms with Gasteiger partial charge in [-0.3, -0.25) is 4.79 Å². The highest BCUT2D eigenvalue weighted by Crippen LogP contribution is 2.22. The summed E-state index contributed by atoms with van der Waals surface area (Å²) in [6.45, 7) is 0.434. The average molecular weight is 392 g/mol. The largest absolute Gasteiger partial charge is 0.497 e. The van der Waals surface area contributed by atoms with E-state index in [0.29, 0.717) is 13.0 Å². The summed E-state index contributed by atoms with van der Waals surface area (Å²) in [6, 6.07) is 11.0. The van der Waals surface area contributed by atoms with Crippen LogP contribution in [-0.2, 0) is 21.2 Å². The number of benzene rings is 1. The second-order valence-electron chi connectivity index (χ2n) is 6.21.